The van der Waals surface area contributed by atoms with Gasteiger partial charge in [-0.05, 0) is 132 Å². The lowest BCUT2D eigenvalue weighted by Gasteiger charge is -2.26. The van der Waals surface area contributed by atoms with Gasteiger partial charge < -0.3 is 4.90 Å². The van der Waals surface area contributed by atoms with Gasteiger partial charge in [0.25, 0.3) is 0 Å². The Balaban J connectivity index is 1.07. The lowest BCUT2D eigenvalue weighted by molar-refractivity contribution is 1.28. The first kappa shape index (κ1) is 35.7. The highest BCUT2D eigenvalue weighted by Crippen LogP contribution is 2.42. The highest BCUT2D eigenvalue weighted by molar-refractivity contribution is 6.04. The van der Waals surface area contributed by atoms with Gasteiger partial charge in [-0.1, -0.05) is 194 Å². The summed E-state index contributed by atoms with van der Waals surface area (Å²) in [4.78, 5) is 2.36. The molecule has 0 aromatic heterocycles. The summed E-state index contributed by atoms with van der Waals surface area (Å²) < 4.78 is 0. The molecule has 10 rings (SSSR count). The van der Waals surface area contributed by atoms with Gasteiger partial charge in [0, 0.05) is 17.1 Å². The van der Waals surface area contributed by atoms with Crippen LogP contribution in [0.3, 0.4) is 0 Å². The average Bonchev–Trinajstić information content (AvgIpc) is 3.33. The Bertz CT molecular complexity index is 2920. The van der Waals surface area contributed by atoms with E-state index >= 15 is 0 Å². The van der Waals surface area contributed by atoms with Gasteiger partial charge >= 0.3 is 0 Å². The van der Waals surface area contributed by atoms with Crippen molar-refractivity contribution >= 4 is 27.8 Å². The topological polar surface area (TPSA) is 3.24 Å². The second kappa shape index (κ2) is 16.0. The molecule has 10 aromatic rings. The first-order valence-corrected chi connectivity index (χ1v) is 20.2. The summed E-state index contributed by atoms with van der Waals surface area (Å²) in [6.45, 7) is 0. The van der Waals surface area contributed by atoms with Gasteiger partial charge in [0.1, 0.15) is 0 Å². The molecule has 0 amide bonds. The Kier molecular flexibility index (Phi) is 9.68. The van der Waals surface area contributed by atoms with Crippen LogP contribution in [0, 0.1) is 0 Å². The van der Waals surface area contributed by atoms with E-state index in [4.69, 9.17) is 0 Å². The molecule has 0 bridgehead atoms. The Morgan fingerprint density at radius 3 is 1.02 bits per heavy atom. The predicted octanol–water partition coefficient (Wildman–Crippen LogP) is 16.3. The normalized spacial score (nSPS) is 11.1. The number of fused-ring (bicyclic) bond motifs is 1. The number of hydrogen-bond acceptors (Lipinski definition) is 1. The van der Waals surface area contributed by atoms with Crippen molar-refractivity contribution in [3.63, 3.8) is 0 Å². The molecule has 0 spiro atoms. The molecule has 0 saturated heterocycles. The molecule has 59 heavy (non-hydrogen) atoms. The lowest BCUT2D eigenvalue weighted by atomic mass is 9.89. The molecule has 0 unspecified atom stereocenters. The highest BCUT2D eigenvalue weighted by Gasteiger charge is 2.17. The summed E-state index contributed by atoms with van der Waals surface area (Å²) in [6.07, 6.45) is 0. The zero-order valence-electron chi connectivity index (χ0n) is 32.6. The summed E-state index contributed by atoms with van der Waals surface area (Å²) in [5.74, 6) is 0. The first-order chi connectivity index (χ1) is 29.2. The molecule has 0 aliphatic rings. The monoisotopic (exact) mass is 751 g/mol. The molecule has 0 fully saturated rings. The third-order valence-corrected chi connectivity index (χ3v) is 11.3. The van der Waals surface area contributed by atoms with Crippen molar-refractivity contribution in [3.05, 3.63) is 249 Å². The molecule has 0 atom stereocenters. The highest BCUT2D eigenvalue weighted by atomic mass is 15.1. The van der Waals surface area contributed by atoms with Crippen molar-refractivity contribution in [2.24, 2.45) is 0 Å². The number of anilines is 3. The van der Waals surface area contributed by atoms with Gasteiger partial charge in [-0.25, -0.2) is 0 Å². The largest absolute Gasteiger partial charge is 0.311 e. The molecular formula is C58H41N. The molecule has 0 aliphatic carbocycles. The minimum atomic E-state index is 1.09. The van der Waals surface area contributed by atoms with E-state index in [-0.39, 0.29) is 0 Å². The van der Waals surface area contributed by atoms with Crippen molar-refractivity contribution in [1.29, 1.82) is 0 Å². The van der Waals surface area contributed by atoms with Crippen LogP contribution in [-0.2, 0) is 0 Å². The quantitative estimate of drug-likeness (QED) is 0.142. The van der Waals surface area contributed by atoms with Gasteiger partial charge in [0.15, 0.2) is 0 Å². The maximum absolute atomic E-state index is 2.36. The van der Waals surface area contributed by atoms with Gasteiger partial charge in [-0.2, -0.15) is 0 Å². The van der Waals surface area contributed by atoms with E-state index in [9.17, 15) is 0 Å². The summed E-state index contributed by atoms with van der Waals surface area (Å²) in [7, 11) is 0. The Hall–Kier alpha value is -7.74. The molecule has 0 radical (unpaired) electrons. The summed E-state index contributed by atoms with van der Waals surface area (Å²) in [6, 6.07) is 89.8. The number of nitrogens with zero attached hydrogens (tertiary/aromatic N) is 1. The Morgan fingerprint density at radius 2 is 0.559 bits per heavy atom. The van der Waals surface area contributed by atoms with Crippen LogP contribution in [0.15, 0.2) is 249 Å². The zero-order chi connectivity index (χ0) is 39.4. The molecule has 0 heterocycles. The van der Waals surface area contributed by atoms with Crippen molar-refractivity contribution in [2.45, 2.75) is 0 Å². The van der Waals surface area contributed by atoms with E-state index < -0.39 is 0 Å². The maximum Gasteiger partial charge on any atom is 0.0462 e. The molecule has 278 valence electrons. The third-order valence-electron chi connectivity index (χ3n) is 11.3. The van der Waals surface area contributed by atoms with E-state index in [0.29, 0.717) is 0 Å². The van der Waals surface area contributed by atoms with E-state index in [2.05, 4.69) is 254 Å². The molecule has 1 nitrogen and oxygen atoms in total. The molecular weight excluding hydrogens is 711 g/mol. The molecule has 0 N–H and O–H groups in total. The molecule has 1 heteroatoms. The second-order valence-electron chi connectivity index (χ2n) is 14.9. The van der Waals surface area contributed by atoms with Gasteiger partial charge in [-0.3, -0.25) is 0 Å². The van der Waals surface area contributed by atoms with E-state index in [0.717, 1.165) is 17.1 Å². The minimum absolute atomic E-state index is 1.09. The van der Waals surface area contributed by atoms with Crippen molar-refractivity contribution in [2.75, 3.05) is 4.90 Å². The van der Waals surface area contributed by atoms with Crippen LogP contribution < -0.4 is 4.90 Å². The Morgan fingerprint density at radius 1 is 0.220 bits per heavy atom. The first-order valence-electron chi connectivity index (χ1n) is 20.2. The lowest BCUT2D eigenvalue weighted by Crippen LogP contribution is -2.09. The Labute approximate surface area is 346 Å². The smallest absolute Gasteiger partial charge is 0.0462 e. The van der Waals surface area contributed by atoms with Crippen LogP contribution in [0.5, 0.6) is 0 Å². The van der Waals surface area contributed by atoms with Crippen molar-refractivity contribution < 1.29 is 0 Å². The van der Waals surface area contributed by atoms with Gasteiger partial charge in [0.2, 0.25) is 0 Å². The van der Waals surface area contributed by atoms with Crippen molar-refractivity contribution in [1.82, 2.24) is 0 Å². The number of benzene rings is 10. The number of rotatable bonds is 9. The van der Waals surface area contributed by atoms with Crippen LogP contribution in [0.25, 0.3) is 77.5 Å². The van der Waals surface area contributed by atoms with Crippen LogP contribution in [0.4, 0.5) is 17.1 Å². The standard InChI is InChI=1S/C58H41N/c1-5-15-42(16-6-1)45-25-32-53(33-26-45)59(55-36-29-49(30-37-55)58-56-24-14-13-23-48(56)31-38-57(58)47-21-11-4-12-22-47)54-34-27-46(28-35-54)52-40-50(43-17-7-2-8-18-43)39-51(41-52)44-19-9-3-10-20-44/h1-41H. The molecule has 0 saturated carbocycles. The van der Waals surface area contributed by atoms with E-state index in [1.165, 1.54) is 77.5 Å². The van der Waals surface area contributed by atoms with Crippen LogP contribution in [0.1, 0.15) is 0 Å². The average molecular weight is 752 g/mol. The fourth-order valence-electron chi connectivity index (χ4n) is 8.29. The summed E-state index contributed by atoms with van der Waals surface area (Å²) in [5.41, 5.74) is 17.7. The second-order valence-corrected chi connectivity index (χ2v) is 14.9. The fourth-order valence-corrected chi connectivity index (χ4v) is 8.29. The van der Waals surface area contributed by atoms with Gasteiger partial charge in [0.05, 0.1) is 0 Å². The van der Waals surface area contributed by atoms with Crippen LogP contribution in [-0.4, -0.2) is 0 Å². The van der Waals surface area contributed by atoms with Gasteiger partial charge in [-0.15, -0.1) is 0 Å². The molecule has 0 aliphatic heterocycles. The fraction of sp³-hybridized carbons (Fsp3) is 0. The zero-order valence-corrected chi connectivity index (χ0v) is 32.6. The SMILES string of the molecule is c1ccc(-c2ccc(N(c3ccc(-c4cc(-c5ccccc5)cc(-c5ccccc5)c4)cc3)c3ccc(-c4c(-c5ccccc5)ccc5ccccc45)cc3)cc2)cc1. The van der Waals surface area contributed by atoms with E-state index in [1.54, 1.807) is 0 Å². The summed E-state index contributed by atoms with van der Waals surface area (Å²) >= 11 is 0. The maximum atomic E-state index is 2.36. The minimum Gasteiger partial charge on any atom is -0.311 e. The van der Waals surface area contributed by atoms with Crippen LogP contribution in [0.2, 0.25) is 0 Å². The van der Waals surface area contributed by atoms with Crippen LogP contribution >= 0.6 is 0 Å². The van der Waals surface area contributed by atoms with E-state index in [1.807, 2.05) is 0 Å². The summed E-state index contributed by atoms with van der Waals surface area (Å²) in [5, 5.41) is 2.48. The number of hydrogen-bond donors (Lipinski definition) is 0. The predicted molar refractivity (Wildman–Crippen MR) is 251 cm³/mol. The molecule has 10 aromatic carbocycles. The third kappa shape index (κ3) is 7.34. The van der Waals surface area contributed by atoms with Crippen molar-refractivity contribution in [3.8, 4) is 66.8 Å².